The van der Waals surface area contributed by atoms with Crippen LogP contribution in [0.1, 0.15) is 22.5 Å². The van der Waals surface area contributed by atoms with Crippen LogP contribution in [-0.4, -0.2) is 39.7 Å². The SMILES string of the molecule is Cc1ccc(C(=O)N[C@H](CCO)C(=O)O)cn1. The summed E-state index contributed by atoms with van der Waals surface area (Å²) in [6.45, 7) is 1.48. The lowest BCUT2D eigenvalue weighted by molar-refractivity contribution is -0.139. The molecule has 0 aliphatic heterocycles. The zero-order chi connectivity index (χ0) is 12.8. The first-order chi connectivity index (χ1) is 8.04. The highest BCUT2D eigenvalue weighted by atomic mass is 16.4. The summed E-state index contributed by atoms with van der Waals surface area (Å²) >= 11 is 0. The van der Waals surface area contributed by atoms with Crippen LogP contribution in [0.2, 0.25) is 0 Å². The second-order valence-electron chi connectivity index (χ2n) is 3.56. The molecule has 17 heavy (non-hydrogen) atoms. The van der Waals surface area contributed by atoms with Crippen molar-refractivity contribution in [3.8, 4) is 0 Å². The maximum Gasteiger partial charge on any atom is 0.326 e. The smallest absolute Gasteiger partial charge is 0.326 e. The molecule has 92 valence electrons. The second kappa shape index (κ2) is 5.95. The zero-order valence-corrected chi connectivity index (χ0v) is 9.38. The molecule has 0 radical (unpaired) electrons. The minimum absolute atomic E-state index is 0.0274. The molecular formula is C11H14N2O4. The average molecular weight is 238 g/mol. The molecule has 0 aliphatic rings. The van der Waals surface area contributed by atoms with Crippen molar-refractivity contribution in [2.75, 3.05) is 6.61 Å². The van der Waals surface area contributed by atoms with Gasteiger partial charge < -0.3 is 15.5 Å². The number of carbonyl (C=O) groups excluding carboxylic acids is 1. The number of pyridine rings is 1. The normalized spacial score (nSPS) is 11.9. The van der Waals surface area contributed by atoms with Crippen molar-refractivity contribution in [2.24, 2.45) is 0 Å². The minimum atomic E-state index is -1.17. The van der Waals surface area contributed by atoms with E-state index in [1.54, 1.807) is 19.1 Å². The molecule has 0 saturated heterocycles. The molecule has 1 atom stereocenters. The molecular weight excluding hydrogens is 224 g/mol. The molecule has 0 bridgehead atoms. The van der Waals surface area contributed by atoms with Gasteiger partial charge in [-0.1, -0.05) is 0 Å². The van der Waals surface area contributed by atoms with Crippen LogP contribution in [0.15, 0.2) is 18.3 Å². The number of hydrogen-bond acceptors (Lipinski definition) is 4. The summed E-state index contributed by atoms with van der Waals surface area (Å²) in [7, 11) is 0. The summed E-state index contributed by atoms with van der Waals surface area (Å²) in [5.41, 5.74) is 1.06. The molecule has 1 aromatic rings. The molecule has 0 saturated carbocycles. The second-order valence-corrected chi connectivity index (χ2v) is 3.56. The molecule has 1 amide bonds. The van der Waals surface area contributed by atoms with E-state index >= 15 is 0 Å². The number of aliphatic hydroxyl groups is 1. The number of carboxylic acids is 1. The lowest BCUT2D eigenvalue weighted by Crippen LogP contribution is -2.41. The molecule has 0 fully saturated rings. The van der Waals surface area contributed by atoms with Gasteiger partial charge >= 0.3 is 5.97 Å². The predicted octanol–water partition coefficient (Wildman–Crippen LogP) is -0.0446. The first-order valence-corrected chi connectivity index (χ1v) is 5.11. The summed E-state index contributed by atoms with van der Waals surface area (Å²) in [4.78, 5) is 26.4. The van der Waals surface area contributed by atoms with E-state index in [-0.39, 0.29) is 13.0 Å². The number of nitrogens with zero attached hydrogens (tertiary/aromatic N) is 1. The van der Waals surface area contributed by atoms with E-state index in [9.17, 15) is 9.59 Å². The lowest BCUT2D eigenvalue weighted by Gasteiger charge is -2.12. The zero-order valence-electron chi connectivity index (χ0n) is 9.38. The van der Waals surface area contributed by atoms with Crippen LogP contribution in [0.5, 0.6) is 0 Å². The molecule has 0 unspecified atom stereocenters. The number of nitrogens with one attached hydrogen (secondary N) is 1. The molecule has 3 N–H and O–H groups in total. The van der Waals surface area contributed by atoms with Crippen molar-refractivity contribution >= 4 is 11.9 Å². The predicted molar refractivity (Wildman–Crippen MR) is 59.6 cm³/mol. The van der Waals surface area contributed by atoms with E-state index in [0.717, 1.165) is 5.69 Å². The van der Waals surface area contributed by atoms with Gasteiger partial charge in [0.25, 0.3) is 5.91 Å². The summed E-state index contributed by atoms with van der Waals surface area (Å²) < 4.78 is 0. The van der Waals surface area contributed by atoms with E-state index in [0.29, 0.717) is 5.56 Å². The monoisotopic (exact) mass is 238 g/mol. The number of aliphatic hydroxyl groups excluding tert-OH is 1. The number of hydrogen-bond donors (Lipinski definition) is 3. The van der Waals surface area contributed by atoms with E-state index in [4.69, 9.17) is 10.2 Å². The largest absolute Gasteiger partial charge is 0.480 e. The highest BCUT2D eigenvalue weighted by molar-refractivity contribution is 5.96. The van der Waals surface area contributed by atoms with Crippen molar-refractivity contribution < 1.29 is 19.8 Å². The van der Waals surface area contributed by atoms with E-state index in [2.05, 4.69) is 10.3 Å². The fraction of sp³-hybridized carbons (Fsp3) is 0.364. The molecule has 0 spiro atoms. The van der Waals surface area contributed by atoms with E-state index in [1.165, 1.54) is 6.20 Å². The fourth-order valence-electron chi connectivity index (χ4n) is 1.23. The Labute approximate surface area is 98.3 Å². The van der Waals surface area contributed by atoms with E-state index < -0.39 is 17.9 Å². The quantitative estimate of drug-likeness (QED) is 0.668. The van der Waals surface area contributed by atoms with Gasteiger partial charge in [0, 0.05) is 24.9 Å². The third-order valence-corrected chi connectivity index (χ3v) is 2.19. The van der Waals surface area contributed by atoms with Gasteiger partial charge in [0.2, 0.25) is 0 Å². The summed E-state index contributed by atoms with van der Waals surface area (Å²) in [5.74, 6) is -1.69. The van der Waals surface area contributed by atoms with Gasteiger partial charge in [-0.25, -0.2) is 4.79 Å². The number of carboxylic acid groups (broad SMARTS) is 1. The van der Waals surface area contributed by atoms with Gasteiger partial charge in [-0.05, 0) is 19.1 Å². The lowest BCUT2D eigenvalue weighted by atomic mass is 10.2. The third-order valence-electron chi connectivity index (χ3n) is 2.19. The van der Waals surface area contributed by atoms with Crippen LogP contribution in [0, 0.1) is 6.92 Å². The maximum absolute atomic E-state index is 11.6. The summed E-state index contributed by atoms with van der Waals surface area (Å²) in [6, 6.07) is 2.14. The Balaban J connectivity index is 2.70. The number of aromatic nitrogens is 1. The first kappa shape index (κ1) is 13.1. The average Bonchev–Trinajstić information content (AvgIpc) is 2.29. The van der Waals surface area contributed by atoms with Crippen molar-refractivity contribution in [1.29, 1.82) is 0 Å². The Morgan fingerprint density at radius 3 is 2.65 bits per heavy atom. The topological polar surface area (TPSA) is 99.5 Å². The standard InChI is InChI=1S/C11H14N2O4/c1-7-2-3-8(6-12-7)10(15)13-9(4-5-14)11(16)17/h2-3,6,9,14H,4-5H2,1H3,(H,13,15)(H,16,17)/t9-/m1/s1. The Bertz CT molecular complexity index is 402. The van der Waals surface area contributed by atoms with Crippen molar-refractivity contribution in [1.82, 2.24) is 10.3 Å². The number of aryl methyl sites for hydroxylation is 1. The highest BCUT2D eigenvalue weighted by Crippen LogP contribution is 2.01. The van der Waals surface area contributed by atoms with Crippen molar-refractivity contribution in [2.45, 2.75) is 19.4 Å². The van der Waals surface area contributed by atoms with Crippen LogP contribution in [0.4, 0.5) is 0 Å². The van der Waals surface area contributed by atoms with Crippen LogP contribution in [-0.2, 0) is 4.79 Å². The first-order valence-electron chi connectivity index (χ1n) is 5.11. The molecule has 1 heterocycles. The fourth-order valence-corrected chi connectivity index (χ4v) is 1.23. The number of carbonyl (C=O) groups is 2. The van der Waals surface area contributed by atoms with Gasteiger partial charge in [-0.2, -0.15) is 0 Å². The molecule has 1 rings (SSSR count). The highest BCUT2D eigenvalue weighted by Gasteiger charge is 2.19. The Hall–Kier alpha value is -1.95. The Morgan fingerprint density at radius 2 is 2.18 bits per heavy atom. The van der Waals surface area contributed by atoms with Crippen LogP contribution in [0.3, 0.4) is 0 Å². The molecule has 6 heteroatoms. The third kappa shape index (κ3) is 3.84. The molecule has 0 aliphatic carbocycles. The summed E-state index contributed by atoms with van der Waals surface area (Å²) in [5, 5.41) is 19.8. The van der Waals surface area contributed by atoms with Crippen LogP contribution >= 0.6 is 0 Å². The van der Waals surface area contributed by atoms with Crippen molar-refractivity contribution in [3.05, 3.63) is 29.6 Å². The van der Waals surface area contributed by atoms with Gasteiger partial charge in [-0.15, -0.1) is 0 Å². The summed E-state index contributed by atoms with van der Waals surface area (Å²) in [6.07, 6.45) is 1.35. The maximum atomic E-state index is 11.6. The van der Waals surface area contributed by atoms with Gasteiger partial charge in [-0.3, -0.25) is 9.78 Å². The Morgan fingerprint density at radius 1 is 1.47 bits per heavy atom. The Kier molecular flexibility index (Phi) is 4.59. The minimum Gasteiger partial charge on any atom is -0.480 e. The molecule has 0 aromatic carbocycles. The number of aliphatic carboxylic acids is 1. The van der Waals surface area contributed by atoms with Gasteiger partial charge in [0.15, 0.2) is 0 Å². The van der Waals surface area contributed by atoms with Gasteiger partial charge in [0.1, 0.15) is 6.04 Å². The molecule has 1 aromatic heterocycles. The van der Waals surface area contributed by atoms with Crippen LogP contribution in [0.25, 0.3) is 0 Å². The van der Waals surface area contributed by atoms with E-state index in [1.807, 2.05) is 0 Å². The van der Waals surface area contributed by atoms with Gasteiger partial charge in [0.05, 0.1) is 5.56 Å². The molecule has 6 nitrogen and oxygen atoms in total. The van der Waals surface area contributed by atoms with Crippen molar-refractivity contribution in [3.63, 3.8) is 0 Å². The van der Waals surface area contributed by atoms with Crippen LogP contribution < -0.4 is 5.32 Å². The number of amides is 1. The number of rotatable bonds is 5.